The van der Waals surface area contributed by atoms with Crippen molar-refractivity contribution in [3.8, 4) is 0 Å². The molecule has 1 atom stereocenters. The van der Waals surface area contributed by atoms with Gasteiger partial charge in [0.05, 0.1) is 18.3 Å². The predicted molar refractivity (Wildman–Crippen MR) is 102 cm³/mol. The molecule has 0 bridgehead atoms. The van der Waals surface area contributed by atoms with Crippen molar-refractivity contribution in [1.29, 1.82) is 0 Å². The van der Waals surface area contributed by atoms with Crippen LogP contribution < -0.4 is 15.5 Å². The summed E-state index contributed by atoms with van der Waals surface area (Å²) in [4.78, 5) is 38.3. The Morgan fingerprint density at radius 3 is 2.28 bits per heavy atom. The number of likely N-dealkylation sites (N-methyl/N-ethyl adjacent to an activating group) is 2. The maximum Gasteiger partial charge on any atom is 0.418 e. The molecule has 29 heavy (non-hydrogen) atoms. The number of rotatable bonds is 9. The Morgan fingerprint density at radius 2 is 1.72 bits per heavy atom. The number of hydrogen-bond donors (Lipinski definition) is 3. The van der Waals surface area contributed by atoms with Crippen molar-refractivity contribution in [2.24, 2.45) is 0 Å². The lowest BCUT2D eigenvalue weighted by Gasteiger charge is -2.23. The van der Waals surface area contributed by atoms with Crippen molar-refractivity contribution in [2.75, 3.05) is 38.5 Å². The van der Waals surface area contributed by atoms with Gasteiger partial charge in [0.25, 0.3) is 11.8 Å². The van der Waals surface area contributed by atoms with Crippen LogP contribution in [0.5, 0.6) is 0 Å². The van der Waals surface area contributed by atoms with E-state index in [0.29, 0.717) is 4.90 Å². The zero-order valence-corrected chi connectivity index (χ0v) is 17.0. The molecule has 1 aromatic carbocycles. The van der Waals surface area contributed by atoms with Crippen LogP contribution in [0.1, 0.15) is 26.3 Å². The third-order valence-electron chi connectivity index (χ3n) is 3.94. The number of halogens is 3. The van der Waals surface area contributed by atoms with Gasteiger partial charge in [-0.05, 0) is 32.9 Å². The van der Waals surface area contributed by atoms with Crippen LogP contribution >= 0.6 is 0 Å². The van der Waals surface area contributed by atoms with Gasteiger partial charge in [0, 0.05) is 12.6 Å². The fraction of sp³-hybridized carbons (Fsp3) is 0.526. The average molecular weight is 417 g/mol. The smallest absolute Gasteiger partial charge is 0.349 e. The van der Waals surface area contributed by atoms with E-state index in [2.05, 4.69) is 10.6 Å². The summed E-state index contributed by atoms with van der Waals surface area (Å²) in [5, 5.41) is 4.95. The summed E-state index contributed by atoms with van der Waals surface area (Å²) in [5.41, 5.74) is -1.32. The molecule has 0 fully saturated rings. The second-order valence-electron chi connectivity index (χ2n) is 7.03. The molecule has 0 saturated carbocycles. The Labute approximate surface area is 168 Å². The summed E-state index contributed by atoms with van der Waals surface area (Å²) in [6.45, 7) is 5.21. The number of alkyl halides is 3. The first kappa shape index (κ1) is 24.4. The van der Waals surface area contributed by atoms with Crippen LogP contribution in [0, 0.1) is 0 Å². The summed E-state index contributed by atoms with van der Waals surface area (Å²) in [6, 6.07) is 4.63. The van der Waals surface area contributed by atoms with E-state index in [1.165, 1.54) is 17.0 Å². The maximum absolute atomic E-state index is 13.0. The van der Waals surface area contributed by atoms with E-state index in [0.717, 1.165) is 12.1 Å². The Morgan fingerprint density at radius 1 is 1.10 bits per heavy atom. The lowest BCUT2D eigenvalue weighted by molar-refractivity contribution is -0.863. The Bertz CT molecular complexity index is 723. The Kier molecular flexibility index (Phi) is 9.09. The number of nitrogens with zero attached hydrogens (tertiary/aromatic N) is 1. The molecule has 0 saturated heterocycles. The molecule has 3 amide bonds. The van der Waals surface area contributed by atoms with E-state index in [1.807, 2.05) is 13.8 Å². The van der Waals surface area contributed by atoms with Crippen molar-refractivity contribution in [3.63, 3.8) is 0 Å². The van der Waals surface area contributed by atoms with Crippen LogP contribution in [-0.4, -0.2) is 61.9 Å². The number of benzene rings is 1. The lowest BCUT2D eigenvalue weighted by atomic mass is 10.1. The van der Waals surface area contributed by atoms with Gasteiger partial charge in [-0.1, -0.05) is 12.1 Å². The van der Waals surface area contributed by atoms with Gasteiger partial charge in [-0.15, -0.1) is 0 Å². The second kappa shape index (κ2) is 10.8. The summed E-state index contributed by atoms with van der Waals surface area (Å²) in [6.07, 6.45) is -4.60. The van der Waals surface area contributed by atoms with Gasteiger partial charge in [-0.3, -0.25) is 14.4 Å². The minimum absolute atomic E-state index is 0.0126. The van der Waals surface area contributed by atoms with Gasteiger partial charge in [-0.25, -0.2) is 0 Å². The van der Waals surface area contributed by atoms with Crippen LogP contribution in [0.25, 0.3) is 0 Å². The van der Waals surface area contributed by atoms with Gasteiger partial charge >= 0.3 is 6.18 Å². The number of amides is 3. The molecule has 10 heteroatoms. The zero-order valence-electron chi connectivity index (χ0n) is 17.0. The van der Waals surface area contributed by atoms with E-state index in [-0.39, 0.29) is 49.7 Å². The molecule has 0 spiro atoms. The predicted octanol–water partition coefficient (Wildman–Crippen LogP) is 0.532. The number of carbonyl (C=O) groups excluding carboxylic acids is 3. The fourth-order valence-electron chi connectivity index (χ4n) is 2.66. The highest BCUT2D eigenvalue weighted by molar-refractivity contribution is 5.95. The van der Waals surface area contributed by atoms with Crippen molar-refractivity contribution in [2.45, 2.75) is 33.0 Å². The van der Waals surface area contributed by atoms with Gasteiger partial charge < -0.3 is 20.4 Å². The van der Waals surface area contributed by atoms with E-state index < -0.39 is 17.6 Å². The zero-order chi connectivity index (χ0) is 22.2. The number of para-hydroxylation sites is 1. The molecule has 3 N–H and O–H groups in total. The number of anilines is 1. The van der Waals surface area contributed by atoms with Crippen LogP contribution in [-0.2, 0) is 20.6 Å². The lowest BCUT2D eigenvalue weighted by Crippen LogP contribution is -3.11. The molecule has 1 unspecified atom stereocenters. The summed E-state index contributed by atoms with van der Waals surface area (Å²) >= 11 is 0. The largest absolute Gasteiger partial charge is 0.418 e. The van der Waals surface area contributed by atoms with Crippen molar-refractivity contribution in [3.05, 3.63) is 29.8 Å². The first-order valence-electron chi connectivity index (χ1n) is 9.28. The van der Waals surface area contributed by atoms with Gasteiger partial charge in [-0.2, -0.15) is 13.2 Å². The highest BCUT2D eigenvalue weighted by atomic mass is 19.4. The molecule has 0 aliphatic heterocycles. The van der Waals surface area contributed by atoms with Crippen molar-refractivity contribution >= 4 is 23.4 Å². The van der Waals surface area contributed by atoms with E-state index in [1.54, 1.807) is 14.0 Å². The van der Waals surface area contributed by atoms with Crippen LogP contribution in [0.15, 0.2) is 24.3 Å². The monoisotopic (exact) mass is 417 g/mol. The molecule has 7 nitrogen and oxygen atoms in total. The molecule has 0 aliphatic carbocycles. The minimum atomic E-state index is -4.60. The third-order valence-corrected chi connectivity index (χ3v) is 3.94. The second-order valence-corrected chi connectivity index (χ2v) is 7.03. The van der Waals surface area contributed by atoms with Crippen LogP contribution in [0.3, 0.4) is 0 Å². The Balaban J connectivity index is 2.67. The first-order valence-corrected chi connectivity index (χ1v) is 9.28. The van der Waals surface area contributed by atoms with Crippen LogP contribution in [0.2, 0.25) is 0 Å². The number of nitrogens with one attached hydrogen (secondary N) is 3. The number of carbonyl (C=O) groups is 3. The standard InChI is InChI=1S/C19H27F3N4O3/c1-5-26(18(29)12-25(4)10-16(27)23-13(2)3)11-17(28)24-15-9-7-6-8-14(15)19(20,21)22/h6-9,13H,5,10-12H2,1-4H3,(H,23,27)(H,24,28)/p+1. The SMILES string of the molecule is CCN(CC(=O)Nc1ccccc1C(F)(F)F)C(=O)C[NH+](C)CC(=O)NC(C)C. The maximum atomic E-state index is 13.0. The molecular formula is C19H28F3N4O3+. The summed E-state index contributed by atoms with van der Waals surface area (Å²) < 4.78 is 39.1. The molecular weight excluding hydrogens is 389 g/mol. The Hall–Kier alpha value is -2.62. The summed E-state index contributed by atoms with van der Waals surface area (Å²) in [7, 11) is 1.67. The van der Waals surface area contributed by atoms with E-state index in [4.69, 9.17) is 0 Å². The molecule has 0 aromatic heterocycles. The van der Waals surface area contributed by atoms with Gasteiger partial charge in [0.1, 0.15) is 6.54 Å². The van der Waals surface area contributed by atoms with E-state index in [9.17, 15) is 27.6 Å². The average Bonchev–Trinajstić information content (AvgIpc) is 2.57. The molecule has 0 aliphatic rings. The van der Waals surface area contributed by atoms with Crippen molar-refractivity contribution < 1.29 is 32.5 Å². The summed E-state index contributed by atoms with van der Waals surface area (Å²) in [5.74, 6) is -1.30. The first-order chi connectivity index (χ1) is 13.4. The molecule has 1 aromatic rings. The topological polar surface area (TPSA) is 83.0 Å². The molecule has 0 radical (unpaired) electrons. The molecule has 1 rings (SSSR count). The molecule has 162 valence electrons. The highest BCUT2D eigenvalue weighted by Crippen LogP contribution is 2.34. The highest BCUT2D eigenvalue weighted by Gasteiger charge is 2.33. The third kappa shape index (κ3) is 8.51. The van der Waals surface area contributed by atoms with Gasteiger partial charge in [0.15, 0.2) is 13.1 Å². The minimum Gasteiger partial charge on any atom is -0.349 e. The van der Waals surface area contributed by atoms with Gasteiger partial charge in [0.2, 0.25) is 5.91 Å². The number of hydrogen-bond acceptors (Lipinski definition) is 3. The number of quaternary nitrogens is 1. The van der Waals surface area contributed by atoms with Crippen molar-refractivity contribution in [1.82, 2.24) is 10.2 Å². The molecule has 0 heterocycles. The normalized spacial score (nSPS) is 12.4. The van der Waals surface area contributed by atoms with Crippen LogP contribution in [0.4, 0.5) is 18.9 Å². The fourth-order valence-corrected chi connectivity index (χ4v) is 2.66. The quantitative estimate of drug-likeness (QED) is 0.548. The van der Waals surface area contributed by atoms with E-state index >= 15 is 0 Å².